The van der Waals surface area contributed by atoms with Crippen LogP contribution in [0, 0.1) is 36.5 Å². The summed E-state index contributed by atoms with van der Waals surface area (Å²) in [5, 5.41) is 43.4. The number of rotatable bonds is 10. The number of halogens is 3. The van der Waals surface area contributed by atoms with Crippen LogP contribution in [0.4, 0.5) is 8.78 Å². The van der Waals surface area contributed by atoms with E-state index in [1.54, 1.807) is 54.6 Å². The summed E-state index contributed by atoms with van der Waals surface area (Å²) >= 11 is 0. The Morgan fingerprint density at radius 2 is 1.13 bits per heavy atom. The number of hydrogen-bond donors (Lipinski definition) is 4. The van der Waals surface area contributed by atoms with Crippen LogP contribution in [0.1, 0.15) is 123 Å². The summed E-state index contributed by atoms with van der Waals surface area (Å²) in [6.07, 6.45) is 6.86. The van der Waals surface area contributed by atoms with E-state index in [9.17, 15) is 19.1 Å². The highest BCUT2D eigenvalue weighted by molar-refractivity contribution is 5.98. The highest BCUT2D eigenvalue weighted by Gasteiger charge is 2.47. The molecule has 6 aromatic rings. The second kappa shape index (κ2) is 21.4. The van der Waals surface area contributed by atoms with E-state index < -0.39 is 17.3 Å². The maximum Gasteiger partial charge on any atom is 0.335 e. The van der Waals surface area contributed by atoms with E-state index in [-0.39, 0.29) is 50.9 Å². The molecule has 2 aliphatic heterocycles. The third kappa shape index (κ3) is 10.6. The van der Waals surface area contributed by atoms with Gasteiger partial charge in [-0.1, -0.05) is 56.7 Å². The Bertz CT molecular complexity index is 2870. The topological polar surface area (TPSA) is 219 Å². The van der Waals surface area contributed by atoms with Gasteiger partial charge in [-0.15, -0.1) is 22.6 Å². The summed E-state index contributed by atoms with van der Waals surface area (Å²) < 4.78 is 39.2. The molecule has 360 valence electrons. The predicted molar refractivity (Wildman–Crippen MR) is 257 cm³/mol. The van der Waals surface area contributed by atoms with Crippen molar-refractivity contribution in [3.8, 4) is 46.9 Å². The van der Waals surface area contributed by atoms with E-state index in [1.165, 1.54) is 32.0 Å². The van der Waals surface area contributed by atoms with Crippen molar-refractivity contribution < 1.29 is 33.0 Å². The second-order valence-electron chi connectivity index (χ2n) is 17.5. The first-order valence-electron chi connectivity index (χ1n) is 22.1. The number of methoxy groups -OCH3 is 2. The predicted octanol–water partition coefficient (Wildman–Crippen LogP) is 9.39. The van der Waals surface area contributed by atoms with Crippen molar-refractivity contribution in [3.05, 3.63) is 128 Å². The lowest BCUT2D eigenvalue weighted by Crippen LogP contribution is -2.58. The molecule has 4 aromatic carbocycles. The smallest absolute Gasteiger partial charge is 0.335 e. The molecule has 18 heteroatoms. The van der Waals surface area contributed by atoms with Gasteiger partial charge >= 0.3 is 18.0 Å². The number of benzene rings is 4. The number of carboxylic acid groups (broad SMARTS) is 1. The van der Waals surface area contributed by atoms with Gasteiger partial charge in [-0.2, -0.15) is 20.5 Å². The van der Waals surface area contributed by atoms with Gasteiger partial charge in [0.05, 0.1) is 56.1 Å². The number of carbonyl (C=O) groups excluding carboxylic acids is 1. The lowest BCUT2D eigenvalue weighted by atomic mass is 9.77. The van der Waals surface area contributed by atoms with E-state index in [4.69, 9.17) is 20.0 Å². The third-order valence-corrected chi connectivity index (χ3v) is 13.2. The zero-order valence-corrected chi connectivity index (χ0v) is 38.8. The first-order valence-corrected chi connectivity index (χ1v) is 22.1. The van der Waals surface area contributed by atoms with Crippen LogP contribution in [0.5, 0.6) is 12.0 Å². The largest absolute Gasteiger partial charge is 0.478 e. The SMILES string of the molecule is C.COc1n[nH]c(-c2cc(C(=O)N3CC(F)(c4ccc(C#N)cc4)C3)c(C)cc2C2CCC2)n1.COc1n[nH]c(-c2cc(C(=O)O)c(C)cc2C2CCC2)n1.Cl.N#Cc1ccc(C2(F)CNC2)cc1. The Morgan fingerprint density at radius 1 is 0.710 bits per heavy atom. The Balaban J connectivity index is 0.000000186. The molecule has 0 bridgehead atoms. The van der Waals surface area contributed by atoms with Crippen molar-refractivity contribution in [2.75, 3.05) is 40.4 Å². The molecule has 0 unspecified atom stereocenters. The zero-order valence-electron chi connectivity index (χ0n) is 38.0. The minimum atomic E-state index is -1.61. The summed E-state index contributed by atoms with van der Waals surface area (Å²) in [5.74, 6) is 0.873. The van der Waals surface area contributed by atoms with E-state index in [0.29, 0.717) is 70.0 Å². The van der Waals surface area contributed by atoms with Crippen LogP contribution >= 0.6 is 12.4 Å². The standard InChI is InChI=1S/C25H24FN5O2.C15H17N3O3.C10H9FN2.CH4.ClH/c1-15-10-20(17-4-3-5-17)21(22-28-24(33-2)30-29-22)11-19(15)23(32)31-13-25(26,14-31)18-8-6-16(12-27)7-9-18;1-8-6-11(9-4-3-5-9)12(7-10(8)14(19)20)13-16-15(21-2)18-17-13;11-10(6-13-7-10)9-3-1-8(5-12)2-4-9;;/h6-11,17H,3-5,13-14H2,1-2H3,(H,28,29,30);6-7,9H,3-5H2,1-2H3,(H,19,20)(H,16,17,18);1-4,13H,6-7H2;1H4;1H. The van der Waals surface area contributed by atoms with Crippen LogP contribution in [0.15, 0.2) is 72.8 Å². The lowest BCUT2D eigenvalue weighted by molar-refractivity contribution is -0.0231. The Hall–Kier alpha value is -7.21. The maximum absolute atomic E-state index is 15.4. The van der Waals surface area contributed by atoms with Gasteiger partial charge in [0, 0.05) is 29.8 Å². The number of hydrogen-bond acceptors (Lipinski definition) is 11. The molecule has 0 spiro atoms. The van der Waals surface area contributed by atoms with Gasteiger partial charge in [0.15, 0.2) is 23.0 Å². The highest BCUT2D eigenvalue weighted by Crippen LogP contribution is 2.44. The fourth-order valence-electron chi connectivity index (χ4n) is 8.65. The summed E-state index contributed by atoms with van der Waals surface area (Å²) in [6.45, 7) is 4.46. The number of nitrogens with zero attached hydrogens (tertiary/aromatic N) is 7. The van der Waals surface area contributed by atoms with Gasteiger partial charge in [0.2, 0.25) is 0 Å². The summed E-state index contributed by atoms with van der Waals surface area (Å²) in [6, 6.07) is 25.2. The number of amides is 1. The fourth-order valence-corrected chi connectivity index (χ4v) is 8.65. The number of aryl methyl sites for hydroxylation is 2. The number of aromatic nitrogens is 6. The number of carbonyl (C=O) groups is 2. The number of aromatic carboxylic acids is 1. The van der Waals surface area contributed by atoms with Crippen molar-refractivity contribution >= 4 is 24.3 Å². The molecule has 0 radical (unpaired) electrons. The van der Waals surface area contributed by atoms with Crippen LogP contribution < -0.4 is 14.8 Å². The molecule has 69 heavy (non-hydrogen) atoms. The average Bonchev–Trinajstić information content (AvgIpc) is 3.97. The zero-order chi connectivity index (χ0) is 47.5. The molecule has 10 rings (SSSR count). The number of likely N-dealkylation sites (tertiary alicyclic amines) is 1. The Labute approximate surface area is 405 Å². The quantitative estimate of drug-likeness (QED) is 0.101. The molecule has 2 saturated carbocycles. The van der Waals surface area contributed by atoms with Crippen molar-refractivity contribution in [2.24, 2.45) is 0 Å². The first-order chi connectivity index (χ1) is 32.3. The van der Waals surface area contributed by atoms with Gasteiger partial charge < -0.3 is 24.8 Å². The maximum atomic E-state index is 15.4. The Kier molecular flexibility index (Phi) is 15.9. The van der Waals surface area contributed by atoms with Crippen molar-refractivity contribution in [3.63, 3.8) is 0 Å². The summed E-state index contributed by atoms with van der Waals surface area (Å²) in [5.41, 5.74) is 5.77. The molecule has 4 heterocycles. The van der Waals surface area contributed by atoms with Crippen LogP contribution in [0.2, 0.25) is 0 Å². The fraction of sp³-hybridized carbons (Fsp3) is 0.373. The number of ether oxygens (including phenoxy) is 2. The first kappa shape index (κ1) is 51.2. The van der Waals surface area contributed by atoms with E-state index in [1.807, 2.05) is 38.1 Å². The summed E-state index contributed by atoms with van der Waals surface area (Å²) in [4.78, 5) is 34.8. The molecule has 2 saturated heterocycles. The minimum absolute atomic E-state index is 0. The summed E-state index contributed by atoms with van der Waals surface area (Å²) in [7, 11) is 3.00. The molecule has 2 aromatic heterocycles. The van der Waals surface area contributed by atoms with Gasteiger partial charge in [0.25, 0.3) is 5.91 Å². The van der Waals surface area contributed by atoms with Crippen molar-refractivity contribution in [1.82, 2.24) is 40.6 Å². The molecular weight excluding hydrogens is 906 g/mol. The molecule has 15 nitrogen and oxygen atoms in total. The molecule has 1 amide bonds. The number of carboxylic acids is 1. The number of aromatic amines is 2. The van der Waals surface area contributed by atoms with Crippen molar-refractivity contribution in [2.45, 2.75) is 83.0 Å². The Morgan fingerprint density at radius 3 is 1.48 bits per heavy atom. The van der Waals surface area contributed by atoms with Gasteiger partial charge in [-0.25, -0.2) is 13.6 Å². The highest BCUT2D eigenvalue weighted by atomic mass is 35.5. The minimum Gasteiger partial charge on any atom is -0.478 e. The van der Waals surface area contributed by atoms with E-state index in [0.717, 1.165) is 59.1 Å². The van der Waals surface area contributed by atoms with Crippen LogP contribution in [0.3, 0.4) is 0 Å². The second-order valence-corrected chi connectivity index (χ2v) is 17.5. The van der Waals surface area contributed by atoms with E-state index >= 15 is 4.39 Å². The molecule has 2 aliphatic carbocycles. The molecule has 4 aliphatic rings. The number of nitrogens with one attached hydrogen (secondary N) is 3. The van der Waals surface area contributed by atoms with Crippen LogP contribution in [-0.4, -0.2) is 92.6 Å². The normalized spacial score (nSPS) is 16.2. The molecule has 4 N–H and O–H groups in total. The molecule has 0 atom stereocenters. The van der Waals surface area contributed by atoms with Gasteiger partial charge in [0.1, 0.15) is 0 Å². The average molecular weight is 962 g/mol. The van der Waals surface area contributed by atoms with Crippen LogP contribution in [0.25, 0.3) is 22.8 Å². The molecule has 4 fully saturated rings. The van der Waals surface area contributed by atoms with Gasteiger partial charge in [-0.3, -0.25) is 15.0 Å². The van der Waals surface area contributed by atoms with E-state index in [2.05, 4.69) is 41.7 Å². The number of nitriles is 2. The lowest BCUT2D eigenvalue weighted by Gasteiger charge is -2.45. The monoisotopic (exact) mass is 960 g/mol. The van der Waals surface area contributed by atoms with Crippen molar-refractivity contribution in [1.29, 1.82) is 10.5 Å². The van der Waals surface area contributed by atoms with Gasteiger partial charge in [-0.05, 0) is 121 Å². The number of alkyl halides is 2. The van der Waals surface area contributed by atoms with Crippen LogP contribution in [-0.2, 0) is 11.3 Å². The molecular formula is C51H55ClF2N10O5. The third-order valence-electron chi connectivity index (χ3n) is 13.2. The number of H-pyrrole nitrogens is 2.